The Labute approximate surface area is 62.9 Å². The van der Waals surface area contributed by atoms with Crippen LogP contribution in [0, 0.1) is 5.92 Å². The first-order valence-electron chi connectivity index (χ1n) is 5.37. The number of hydrogen-bond donors (Lipinski definition) is 1. The van der Waals surface area contributed by atoms with Crippen LogP contribution in [0.2, 0.25) is 0 Å². The van der Waals surface area contributed by atoms with Crippen molar-refractivity contribution in [2.75, 3.05) is 0 Å². The average molecular weight is 135 g/mol. The molecule has 1 unspecified atom stereocenters. The monoisotopic (exact) mass is 135 g/mol. The fourth-order valence-electron chi connectivity index (χ4n) is 0.546. The van der Waals surface area contributed by atoms with E-state index in [4.69, 9.17) is 12.0 Å². The molecule has 0 heterocycles. The van der Waals surface area contributed by atoms with E-state index >= 15 is 0 Å². The van der Waals surface area contributed by atoms with Crippen molar-refractivity contribution in [2.24, 2.45) is 5.92 Å². The molecule has 1 N–H and O–H groups in total. The average Bonchev–Trinajstić information content (AvgIpc) is 1.96. The molecule has 2 heteroatoms. The third-order valence-corrected chi connectivity index (χ3v) is 1.05. The van der Waals surface area contributed by atoms with E-state index in [1.807, 2.05) is 0 Å². The highest BCUT2D eigenvalue weighted by molar-refractivity contribution is 5.69. The lowest BCUT2D eigenvalue weighted by atomic mass is 10.0. The second-order valence-electron chi connectivity index (χ2n) is 1.82. The summed E-state index contributed by atoms with van der Waals surface area (Å²) in [7, 11) is 0. The van der Waals surface area contributed by atoms with E-state index in [1.54, 1.807) is 6.92 Å². The minimum atomic E-state index is -2.90. The Kier molecular flexibility index (Phi) is 1.47. The van der Waals surface area contributed by atoms with Gasteiger partial charge in [-0.1, -0.05) is 20.2 Å². The second-order valence-corrected chi connectivity index (χ2v) is 1.82. The predicted octanol–water partition coefficient (Wildman–Crippen LogP) is 1.90. The molecule has 0 aliphatic heterocycles. The molecule has 0 fully saturated rings. The number of carbonyl (C=O) groups is 1. The van der Waals surface area contributed by atoms with Gasteiger partial charge in [0.1, 0.15) is 0 Å². The van der Waals surface area contributed by atoms with Gasteiger partial charge in [0.15, 0.2) is 0 Å². The van der Waals surface area contributed by atoms with Gasteiger partial charge in [-0.2, -0.15) is 0 Å². The van der Waals surface area contributed by atoms with Crippen molar-refractivity contribution in [3.63, 3.8) is 0 Å². The molecule has 0 bridgehead atoms. The van der Waals surface area contributed by atoms with Crippen LogP contribution in [0.3, 0.4) is 0 Å². The molecule has 0 aliphatic carbocycles. The molecule has 54 valence electrons. The van der Waals surface area contributed by atoms with Crippen LogP contribution in [0.5, 0.6) is 0 Å². The zero-order valence-corrected chi connectivity index (χ0v) is 5.35. The van der Waals surface area contributed by atoms with Crippen LogP contribution in [0.15, 0.2) is 0 Å². The summed E-state index contributed by atoms with van der Waals surface area (Å²) in [5.74, 6) is -2.87. The minimum absolute atomic E-state index is 0.0285. The van der Waals surface area contributed by atoms with Gasteiger partial charge in [0, 0.05) is 6.85 Å². The van der Waals surface area contributed by atoms with Crippen LogP contribution < -0.4 is 0 Å². The predicted molar refractivity (Wildman–Crippen MR) is 36.3 cm³/mol. The Hall–Kier alpha value is -0.530. The van der Waals surface area contributed by atoms with Crippen LogP contribution in [0.1, 0.15) is 39.8 Å². The summed E-state index contributed by atoms with van der Waals surface area (Å²) in [6.07, 6.45) is -2.21. The van der Waals surface area contributed by atoms with Crippen LogP contribution >= 0.6 is 0 Å². The Morgan fingerprint density at radius 3 is 3.00 bits per heavy atom. The molecule has 0 aromatic carbocycles. The fraction of sp³-hybridized carbons (Fsp3) is 0.857. The van der Waals surface area contributed by atoms with Gasteiger partial charge in [-0.05, 0) is 12.8 Å². The smallest absolute Gasteiger partial charge is 0.306 e. The Bertz CT molecular complexity index is 211. The van der Waals surface area contributed by atoms with Gasteiger partial charge in [0.05, 0.1) is 5.92 Å². The third-order valence-electron chi connectivity index (χ3n) is 1.05. The number of carboxylic acids is 1. The fourth-order valence-corrected chi connectivity index (χ4v) is 0.546. The van der Waals surface area contributed by atoms with Crippen molar-refractivity contribution in [1.82, 2.24) is 0 Å². The molecule has 0 aromatic rings. The number of hydrogen-bond acceptors (Lipinski definition) is 1. The zero-order chi connectivity index (χ0) is 11.6. The van der Waals surface area contributed by atoms with Crippen LogP contribution in [0.4, 0.5) is 0 Å². The molecule has 0 aromatic heterocycles. The quantitative estimate of drug-likeness (QED) is 0.639. The SMILES string of the molecule is [2H]C([2H])([2H])C([2H])([2H])C(CCC)C(=O)O. The highest BCUT2D eigenvalue weighted by atomic mass is 16.4. The van der Waals surface area contributed by atoms with E-state index in [-0.39, 0.29) is 6.42 Å². The lowest BCUT2D eigenvalue weighted by Gasteiger charge is -2.05. The van der Waals surface area contributed by atoms with Crippen LogP contribution in [0.25, 0.3) is 0 Å². The van der Waals surface area contributed by atoms with Crippen molar-refractivity contribution in [3.05, 3.63) is 0 Å². The molecule has 0 aliphatic rings. The van der Waals surface area contributed by atoms with Crippen molar-refractivity contribution in [3.8, 4) is 0 Å². The van der Waals surface area contributed by atoms with E-state index in [0.717, 1.165) is 0 Å². The van der Waals surface area contributed by atoms with Gasteiger partial charge in [-0.3, -0.25) is 4.79 Å². The first-order chi connectivity index (χ1) is 6.14. The first kappa shape index (κ1) is 3.04. The summed E-state index contributed by atoms with van der Waals surface area (Å²) < 4.78 is 35.4. The Balaban J connectivity index is 4.90. The normalized spacial score (nSPS) is 24.3. The first-order valence-corrected chi connectivity index (χ1v) is 2.87. The molecule has 0 saturated heterocycles. The molecule has 2 nitrogen and oxygen atoms in total. The van der Waals surface area contributed by atoms with E-state index in [9.17, 15) is 4.79 Å². The lowest BCUT2D eigenvalue weighted by molar-refractivity contribution is -0.142. The van der Waals surface area contributed by atoms with Gasteiger partial charge in [-0.25, -0.2) is 0 Å². The van der Waals surface area contributed by atoms with E-state index in [1.165, 1.54) is 0 Å². The Morgan fingerprint density at radius 1 is 2.00 bits per heavy atom. The van der Waals surface area contributed by atoms with Gasteiger partial charge >= 0.3 is 5.97 Å². The summed E-state index contributed by atoms with van der Waals surface area (Å²) in [5.41, 5.74) is 0. The summed E-state index contributed by atoms with van der Waals surface area (Å²) in [6, 6.07) is 0. The zero-order valence-electron chi connectivity index (χ0n) is 10.3. The third kappa shape index (κ3) is 3.12. The van der Waals surface area contributed by atoms with E-state index in [2.05, 4.69) is 0 Å². The molecule has 0 amide bonds. The number of aliphatic carboxylic acids is 1. The van der Waals surface area contributed by atoms with Gasteiger partial charge in [-0.15, -0.1) is 0 Å². The minimum Gasteiger partial charge on any atom is -0.481 e. The highest BCUT2D eigenvalue weighted by Gasteiger charge is 2.12. The standard InChI is InChI=1S/C7H14O2/c1-3-5-6(4-2)7(8)9/h6H,3-5H2,1-2H3,(H,8,9)/i2D3,4D2. The molecule has 9 heavy (non-hydrogen) atoms. The summed E-state index contributed by atoms with van der Waals surface area (Å²) in [6.45, 7) is -1.21. The van der Waals surface area contributed by atoms with Gasteiger partial charge in [0.2, 0.25) is 0 Å². The van der Waals surface area contributed by atoms with Crippen molar-refractivity contribution in [2.45, 2.75) is 33.0 Å². The summed E-state index contributed by atoms with van der Waals surface area (Å²) >= 11 is 0. The molecule has 1 atom stereocenters. The van der Waals surface area contributed by atoms with Crippen molar-refractivity contribution in [1.29, 1.82) is 0 Å². The molecular formula is C7H14O2. The maximum Gasteiger partial charge on any atom is 0.306 e. The maximum absolute atomic E-state index is 10.7. The molecule has 0 saturated carbocycles. The van der Waals surface area contributed by atoms with Crippen LogP contribution in [-0.4, -0.2) is 11.1 Å². The van der Waals surface area contributed by atoms with E-state index in [0.29, 0.717) is 6.42 Å². The molecule has 0 rings (SSSR count). The number of rotatable bonds is 4. The molecule has 0 radical (unpaired) electrons. The largest absolute Gasteiger partial charge is 0.481 e. The summed E-state index contributed by atoms with van der Waals surface area (Å²) in [4.78, 5) is 10.7. The van der Waals surface area contributed by atoms with Gasteiger partial charge < -0.3 is 5.11 Å². The van der Waals surface area contributed by atoms with Crippen LogP contribution in [-0.2, 0) is 4.79 Å². The highest BCUT2D eigenvalue weighted by Crippen LogP contribution is 2.09. The van der Waals surface area contributed by atoms with Gasteiger partial charge in [0.25, 0.3) is 0 Å². The van der Waals surface area contributed by atoms with E-state index < -0.39 is 25.1 Å². The maximum atomic E-state index is 10.7. The molecule has 0 spiro atoms. The van der Waals surface area contributed by atoms with Crippen molar-refractivity contribution >= 4 is 5.97 Å². The Morgan fingerprint density at radius 2 is 2.67 bits per heavy atom. The summed E-state index contributed by atoms with van der Waals surface area (Å²) in [5, 5.41) is 8.71. The van der Waals surface area contributed by atoms with Crippen molar-refractivity contribution < 1.29 is 16.8 Å². The molecular weight excluding hydrogens is 116 g/mol. The lowest BCUT2D eigenvalue weighted by Crippen LogP contribution is -2.11. The topological polar surface area (TPSA) is 37.3 Å². The number of carboxylic acid groups (broad SMARTS) is 1. The second kappa shape index (κ2) is 4.36.